The molecule has 1 aromatic carbocycles. The van der Waals surface area contributed by atoms with E-state index in [9.17, 15) is 4.79 Å². The van der Waals surface area contributed by atoms with Crippen LogP contribution in [0.1, 0.15) is 47.3 Å². The molecule has 136 valence electrons. The van der Waals surface area contributed by atoms with E-state index in [-0.39, 0.29) is 11.3 Å². The highest BCUT2D eigenvalue weighted by Crippen LogP contribution is 2.29. The van der Waals surface area contributed by atoms with Gasteiger partial charge in [-0.25, -0.2) is 0 Å². The van der Waals surface area contributed by atoms with E-state index in [0.29, 0.717) is 23.6 Å². The van der Waals surface area contributed by atoms with Gasteiger partial charge in [0, 0.05) is 17.0 Å². The molecule has 0 atom stereocenters. The maximum atomic E-state index is 12.7. The molecule has 3 aromatic rings. The summed E-state index contributed by atoms with van der Waals surface area (Å²) >= 11 is 1.70. The smallest absolute Gasteiger partial charge is 0.257 e. The van der Waals surface area contributed by atoms with Crippen LogP contribution in [-0.2, 0) is 11.8 Å². The van der Waals surface area contributed by atoms with Gasteiger partial charge >= 0.3 is 0 Å². The lowest BCUT2D eigenvalue weighted by molar-refractivity contribution is 0.0954. The Balaban J connectivity index is 1.76. The molecular weight excluding hydrogens is 344 g/mol. The first-order chi connectivity index (χ1) is 12.4. The average Bonchev–Trinajstić information content (AvgIpc) is 3.23. The molecule has 0 bridgehead atoms. The van der Waals surface area contributed by atoms with Gasteiger partial charge in [-0.05, 0) is 35.8 Å². The lowest BCUT2D eigenvalue weighted by Crippen LogP contribution is -2.26. The van der Waals surface area contributed by atoms with Gasteiger partial charge in [-0.3, -0.25) is 4.79 Å². The zero-order valence-electron chi connectivity index (χ0n) is 15.6. The van der Waals surface area contributed by atoms with Crippen LogP contribution in [0.4, 0.5) is 0 Å². The standard InChI is InChI=1S/C21H24N2O2S/c1-14-18(20(24)22-12-11-17-6-5-13-26-17)19(25-23-14)15-7-9-16(10-8-15)21(2,3)4/h5-10,13H,11-12H2,1-4H3,(H,22,24). The number of nitrogens with zero attached hydrogens (tertiary/aromatic N) is 1. The second-order valence-electron chi connectivity index (χ2n) is 7.38. The minimum absolute atomic E-state index is 0.0812. The van der Waals surface area contributed by atoms with Crippen LogP contribution < -0.4 is 5.32 Å². The minimum atomic E-state index is -0.143. The Morgan fingerprint density at radius 3 is 2.54 bits per heavy atom. The molecule has 2 aromatic heterocycles. The quantitative estimate of drug-likeness (QED) is 0.691. The normalized spacial score (nSPS) is 11.5. The molecule has 0 aliphatic rings. The molecule has 0 spiro atoms. The van der Waals surface area contributed by atoms with E-state index in [2.05, 4.69) is 49.4 Å². The SMILES string of the molecule is Cc1noc(-c2ccc(C(C)(C)C)cc2)c1C(=O)NCCc1cccs1. The Morgan fingerprint density at radius 2 is 1.92 bits per heavy atom. The molecule has 26 heavy (non-hydrogen) atoms. The van der Waals surface area contributed by atoms with Gasteiger partial charge in [-0.15, -0.1) is 11.3 Å². The van der Waals surface area contributed by atoms with E-state index in [1.807, 2.05) is 23.6 Å². The van der Waals surface area contributed by atoms with Crippen LogP contribution in [0.15, 0.2) is 46.3 Å². The van der Waals surface area contributed by atoms with Gasteiger partial charge in [-0.2, -0.15) is 0 Å². The third-order valence-corrected chi connectivity index (χ3v) is 5.28. The first-order valence-electron chi connectivity index (χ1n) is 8.74. The number of hydrogen-bond donors (Lipinski definition) is 1. The van der Waals surface area contributed by atoms with Crippen LogP contribution in [0.25, 0.3) is 11.3 Å². The highest BCUT2D eigenvalue weighted by molar-refractivity contribution is 7.09. The van der Waals surface area contributed by atoms with Crippen molar-refractivity contribution in [2.75, 3.05) is 6.54 Å². The van der Waals surface area contributed by atoms with Crippen LogP contribution in [-0.4, -0.2) is 17.6 Å². The maximum Gasteiger partial charge on any atom is 0.257 e. The van der Waals surface area contributed by atoms with E-state index in [1.54, 1.807) is 18.3 Å². The first-order valence-corrected chi connectivity index (χ1v) is 9.62. The molecule has 0 aliphatic heterocycles. The zero-order valence-corrected chi connectivity index (χ0v) is 16.4. The number of thiophene rings is 1. The van der Waals surface area contributed by atoms with Crippen molar-refractivity contribution >= 4 is 17.2 Å². The zero-order chi connectivity index (χ0) is 18.7. The molecule has 1 N–H and O–H groups in total. The largest absolute Gasteiger partial charge is 0.355 e. The molecule has 4 nitrogen and oxygen atoms in total. The van der Waals surface area contributed by atoms with Gasteiger partial charge in [-0.1, -0.05) is 56.3 Å². The summed E-state index contributed by atoms with van der Waals surface area (Å²) in [4.78, 5) is 13.9. The Bertz CT molecular complexity index is 872. The van der Waals surface area contributed by atoms with Crippen molar-refractivity contribution in [2.24, 2.45) is 0 Å². The summed E-state index contributed by atoms with van der Waals surface area (Å²) in [5, 5.41) is 9.03. The predicted octanol–water partition coefficient (Wildman–Crippen LogP) is 4.98. The van der Waals surface area contributed by atoms with Crippen LogP contribution in [0, 0.1) is 6.92 Å². The highest BCUT2D eigenvalue weighted by Gasteiger charge is 2.22. The molecular formula is C21H24N2O2S. The summed E-state index contributed by atoms with van der Waals surface area (Å²) in [6.45, 7) is 8.91. The summed E-state index contributed by atoms with van der Waals surface area (Å²) < 4.78 is 5.47. The molecule has 0 saturated carbocycles. The topological polar surface area (TPSA) is 55.1 Å². The monoisotopic (exact) mass is 368 g/mol. The summed E-state index contributed by atoms with van der Waals surface area (Å²) in [7, 11) is 0. The Kier molecular flexibility index (Phi) is 5.28. The summed E-state index contributed by atoms with van der Waals surface area (Å²) in [5.74, 6) is 0.381. The van der Waals surface area contributed by atoms with Gasteiger partial charge in [0.25, 0.3) is 5.91 Å². The fourth-order valence-corrected chi connectivity index (χ4v) is 3.51. The Labute approximate surface area is 158 Å². The first kappa shape index (κ1) is 18.4. The van der Waals surface area contributed by atoms with E-state index in [4.69, 9.17) is 4.52 Å². The van der Waals surface area contributed by atoms with Crippen molar-refractivity contribution in [1.29, 1.82) is 0 Å². The van der Waals surface area contributed by atoms with Crippen molar-refractivity contribution in [3.8, 4) is 11.3 Å². The molecule has 5 heteroatoms. The van der Waals surface area contributed by atoms with Gasteiger partial charge in [0.05, 0.1) is 5.69 Å². The lowest BCUT2D eigenvalue weighted by atomic mass is 9.86. The van der Waals surface area contributed by atoms with E-state index in [0.717, 1.165) is 12.0 Å². The number of hydrogen-bond acceptors (Lipinski definition) is 4. The second-order valence-corrected chi connectivity index (χ2v) is 8.42. The fraction of sp³-hybridized carbons (Fsp3) is 0.333. The van der Waals surface area contributed by atoms with Crippen LogP contribution >= 0.6 is 11.3 Å². The number of aromatic nitrogens is 1. The number of amides is 1. The number of carbonyl (C=O) groups excluding carboxylic acids is 1. The predicted molar refractivity (Wildman–Crippen MR) is 106 cm³/mol. The van der Waals surface area contributed by atoms with Crippen molar-refractivity contribution in [2.45, 2.75) is 39.5 Å². The molecule has 1 amide bonds. The van der Waals surface area contributed by atoms with Gasteiger partial charge < -0.3 is 9.84 Å². The fourth-order valence-electron chi connectivity index (χ4n) is 2.80. The molecule has 0 unspecified atom stereocenters. The number of nitrogens with one attached hydrogen (secondary N) is 1. The van der Waals surface area contributed by atoms with Gasteiger partial charge in [0.2, 0.25) is 0 Å². The molecule has 0 fully saturated rings. The molecule has 2 heterocycles. The molecule has 3 rings (SSSR count). The van der Waals surface area contributed by atoms with Gasteiger partial charge in [0.15, 0.2) is 5.76 Å². The number of aryl methyl sites for hydroxylation is 1. The van der Waals surface area contributed by atoms with Crippen LogP contribution in [0.5, 0.6) is 0 Å². The van der Waals surface area contributed by atoms with Crippen molar-refractivity contribution in [1.82, 2.24) is 10.5 Å². The number of carbonyl (C=O) groups is 1. The summed E-state index contributed by atoms with van der Waals surface area (Å²) in [5.41, 5.74) is 3.30. The average molecular weight is 369 g/mol. The van der Waals surface area contributed by atoms with Gasteiger partial charge in [0.1, 0.15) is 5.56 Å². The van der Waals surface area contributed by atoms with Crippen molar-refractivity contribution < 1.29 is 9.32 Å². The third-order valence-electron chi connectivity index (χ3n) is 4.34. The molecule has 0 radical (unpaired) electrons. The van der Waals surface area contributed by atoms with E-state index in [1.165, 1.54) is 10.4 Å². The van der Waals surface area contributed by atoms with Crippen molar-refractivity contribution in [3.63, 3.8) is 0 Å². The Hall–Kier alpha value is -2.40. The van der Waals surface area contributed by atoms with E-state index < -0.39 is 0 Å². The third kappa shape index (κ3) is 4.05. The highest BCUT2D eigenvalue weighted by atomic mass is 32.1. The molecule has 0 saturated heterocycles. The second kappa shape index (κ2) is 7.46. The summed E-state index contributed by atoms with van der Waals surface area (Å²) in [6.07, 6.45) is 0.823. The van der Waals surface area contributed by atoms with Crippen molar-refractivity contribution in [3.05, 3.63) is 63.5 Å². The number of rotatable bonds is 5. The van der Waals surface area contributed by atoms with Crippen LogP contribution in [0.2, 0.25) is 0 Å². The molecule has 0 aliphatic carbocycles. The lowest BCUT2D eigenvalue weighted by Gasteiger charge is -2.18. The maximum absolute atomic E-state index is 12.7. The van der Waals surface area contributed by atoms with E-state index >= 15 is 0 Å². The summed E-state index contributed by atoms with van der Waals surface area (Å²) in [6, 6.07) is 12.2. The number of benzene rings is 1. The minimum Gasteiger partial charge on any atom is -0.355 e. The Morgan fingerprint density at radius 1 is 1.19 bits per heavy atom. The van der Waals surface area contributed by atoms with Crippen LogP contribution in [0.3, 0.4) is 0 Å².